The van der Waals surface area contributed by atoms with Crippen LogP contribution in [-0.2, 0) is 11.3 Å². The topological polar surface area (TPSA) is 99.8 Å². The molecule has 3 heterocycles. The van der Waals surface area contributed by atoms with Gasteiger partial charge in [-0.15, -0.1) is 11.3 Å². The van der Waals surface area contributed by atoms with Crippen molar-refractivity contribution in [3.63, 3.8) is 0 Å². The molecular formula is C25H21N5O4S. The summed E-state index contributed by atoms with van der Waals surface area (Å²) in [6, 6.07) is 15.7. The van der Waals surface area contributed by atoms with Crippen molar-refractivity contribution in [2.45, 2.75) is 6.54 Å². The molecule has 0 atom stereocenters. The van der Waals surface area contributed by atoms with Gasteiger partial charge in [0.05, 0.1) is 25.6 Å². The molecule has 0 aliphatic rings. The van der Waals surface area contributed by atoms with Gasteiger partial charge in [0.15, 0.2) is 4.96 Å². The highest BCUT2D eigenvalue weighted by Gasteiger charge is 2.13. The minimum atomic E-state index is -0.391. The fourth-order valence-electron chi connectivity index (χ4n) is 3.68. The zero-order valence-corrected chi connectivity index (χ0v) is 19.8. The van der Waals surface area contributed by atoms with Gasteiger partial charge >= 0.3 is 0 Å². The second kappa shape index (κ2) is 9.43. The second-order valence-corrected chi connectivity index (χ2v) is 8.50. The van der Waals surface area contributed by atoms with Crippen LogP contribution in [0.15, 0.2) is 77.2 Å². The van der Waals surface area contributed by atoms with E-state index in [1.54, 1.807) is 55.9 Å². The number of carbonyl (C=O) groups excluding carboxylic acids is 1. The number of rotatable bonds is 7. The van der Waals surface area contributed by atoms with Crippen LogP contribution in [0.5, 0.6) is 11.5 Å². The van der Waals surface area contributed by atoms with Crippen LogP contribution in [0.2, 0.25) is 0 Å². The largest absolute Gasteiger partial charge is 0.497 e. The molecule has 9 nitrogen and oxygen atoms in total. The summed E-state index contributed by atoms with van der Waals surface area (Å²) in [5.74, 6) is 0.816. The Labute approximate surface area is 204 Å². The Hall–Kier alpha value is -4.44. The van der Waals surface area contributed by atoms with E-state index in [-0.39, 0.29) is 12.5 Å². The van der Waals surface area contributed by atoms with Crippen LogP contribution in [0, 0.1) is 0 Å². The highest BCUT2D eigenvalue weighted by atomic mass is 32.1. The number of benzene rings is 2. The molecule has 1 amide bonds. The van der Waals surface area contributed by atoms with Crippen LogP contribution in [0.25, 0.3) is 27.5 Å². The maximum absolute atomic E-state index is 12.8. The molecule has 0 saturated carbocycles. The predicted molar refractivity (Wildman–Crippen MR) is 134 cm³/mol. The maximum Gasteiger partial charge on any atom is 0.267 e. The number of hydrogen-bond acceptors (Lipinski definition) is 7. The third-order valence-electron chi connectivity index (χ3n) is 5.38. The molecule has 176 valence electrons. The summed E-state index contributed by atoms with van der Waals surface area (Å²) in [7, 11) is 3.12. The number of aromatic nitrogens is 4. The summed E-state index contributed by atoms with van der Waals surface area (Å²) in [5, 5.41) is 9.20. The van der Waals surface area contributed by atoms with Gasteiger partial charge in [-0.2, -0.15) is 5.10 Å². The van der Waals surface area contributed by atoms with Gasteiger partial charge < -0.3 is 14.8 Å². The van der Waals surface area contributed by atoms with Crippen LogP contribution in [0.1, 0.15) is 0 Å². The zero-order chi connectivity index (χ0) is 24.4. The smallest absolute Gasteiger partial charge is 0.267 e. The molecule has 0 aliphatic heterocycles. The van der Waals surface area contributed by atoms with E-state index >= 15 is 0 Å². The van der Waals surface area contributed by atoms with Crippen LogP contribution in [0.3, 0.4) is 0 Å². The minimum Gasteiger partial charge on any atom is -0.497 e. The average molecular weight is 488 g/mol. The van der Waals surface area contributed by atoms with Crippen molar-refractivity contribution in [3.8, 4) is 34.0 Å². The molecule has 5 aromatic rings. The number of nitrogens with zero attached hydrogens (tertiary/aromatic N) is 4. The monoisotopic (exact) mass is 487 g/mol. The lowest BCUT2D eigenvalue weighted by atomic mass is 10.1. The first-order valence-electron chi connectivity index (χ1n) is 10.7. The Kier molecular flexibility index (Phi) is 6.02. The van der Waals surface area contributed by atoms with Crippen LogP contribution >= 0.6 is 11.3 Å². The molecular weight excluding hydrogens is 466 g/mol. The highest BCUT2D eigenvalue weighted by Crippen LogP contribution is 2.31. The van der Waals surface area contributed by atoms with Gasteiger partial charge in [0.1, 0.15) is 18.0 Å². The fourth-order valence-corrected chi connectivity index (χ4v) is 4.38. The standard InChI is InChI=1S/C25H21N5O4S/c1-33-18-6-8-22(34-2)19(13-18)20-7-9-24(32)30(28-20)15-23(31)26-17-5-3-4-16(12-17)21-14-29-10-11-35-25(29)27-21/h3-14H,15H2,1-2H3,(H,26,31). The van der Waals surface area contributed by atoms with Gasteiger partial charge in [0, 0.05) is 40.7 Å². The van der Waals surface area contributed by atoms with E-state index in [2.05, 4.69) is 15.4 Å². The third kappa shape index (κ3) is 4.64. The van der Waals surface area contributed by atoms with E-state index < -0.39 is 5.56 Å². The normalized spacial score (nSPS) is 10.9. The van der Waals surface area contributed by atoms with Crippen molar-refractivity contribution in [1.29, 1.82) is 0 Å². The first kappa shape index (κ1) is 22.4. The van der Waals surface area contributed by atoms with Crippen LogP contribution < -0.4 is 20.3 Å². The molecule has 0 aliphatic carbocycles. The summed E-state index contributed by atoms with van der Waals surface area (Å²) < 4.78 is 13.8. The number of ether oxygens (including phenoxy) is 2. The number of nitrogens with one attached hydrogen (secondary N) is 1. The molecule has 35 heavy (non-hydrogen) atoms. The van der Waals surface area contributed by atoms with Crippen molar-refractivity contribution in [2.75, 3.05) is 19.5 Å². The van der Waals surface area contributed by atoms with E-state index in [0.29, 0.717) is 28.4 Å². The number of thiazole rings is 1. The summed E-state index contributed by atoms with van der Waals surface area (Å²) in [6.45, 7) is -0.247. The van der Waals surface area contributed by atoms with E-state index in [0.717, 1.165) is 20.9 Å². The lowest BCUT2D eigenvalue weighted by molar-refractivity contribution is -0.117. The summed E-state index contributed by atoms with van der Waals surface area (Å²) in [4.78, 5) is 30.7. The van der Waals surface area contributed by atoms with Gasteiger partial charge in [-0.25, -0.2) is 9.67 Å². The summed E-state index contributed by atoms with van der Waals surface area (Å²) >= 11 is 1.55. The number of amides is 1. The van der Waals surface area contributed by atoms with Gasteiger partial charge in [-0.1, -0.05) is 12.1 Å². The van der Waals surface area contributed by atoms with Gasteiger partial charge in [0.25, 0.3) is 5.56 Å². The third-order valence-corrected chi connectivity index (χ3v) is 6.15. The molecule has 0 bridgehead atoms. The number of hydrogen-bond donors (Lipinski definition) is 1. The molecule has 5 rings (SSSR count). The van der Waals surface area contributed by atoms with E-state index in [9.17, 15) is 9.59 Å². The molecule has 0 saturated heterocycles. The Bertz CT molecular complexity index is 1560. The lowest BCUT2D eigenvalue weighted by Crippen LogP contribution is -2.29. The van der Waals surface area contributed by atoms with E-state index in [1.807, 2.05) is 40.4 Å². The Morgan fingerprint density at radius 3 is 2.74 bits per heavy atom. The molecule has 0 radical (unpaired) electrons. The maximum atomic E-state index is 12.8. The summed E-state index contributed by atoms with van der Waals surface area (Å²) in [6.07, 6.45) is 3.89. The minimum absolute atomic E-state index is 0.247. The number of anilines is 1. The SMILES string of the molecule is COc1ccc(OC)c(-c2ccc(=O)n(CC(=O)Nc3cccc(-c4cn5ccsc5n4)c3)n2)c1. The van der Waals surface area contributed by atoms with Crippen molar-refractivity contribution in [3.05, 3.63) is 82.7 Å². The quantitative estimate of drug-likeness (QED) is 0.373. The first-order chi connectivity index (χ1) is 17.0. The van der Waals surface area contributed by atoms with Gasteiger partial charge in [-0.3, -0.25) is 14.0 Å². The lowest BCUT2D eigenvalue weighted by Gasteiger charge is -2.12. The molecule has 3 aromatic heterocycles. The second-order valence-electron chi connectivity index (χ2n) is 7.63. The van der Waals surface area contributed by atoms with Crippen LogP contribution in [-0.4, -0.2) is 39.3 Å². The fraction of sp³-hybridized carbons (Fsp3) is 0.120. The van der Waals surface area contributed by atoms with E-state index in [1.165, 1.54) is 6.07 Å². The summed E-state index contributed by atoms with van der Waals surface area (Å²) in [5.41, 5.74) is 3.02. The number of fused-ring (bicyclic) bond motifs is 1. The molecule has 2 aromatic carbocycles. The molecule has 10 heteroatoms. The van der Waals surface area contributed by atoms with Crippen molar-refractivity contribution in [1.82, 2.24) is 19.2 Å². The van der Waals surface area contributed by atoms with Crippen molar-refractivity contribution >= 4 is 27.9 Å². The van der Waals surface area contributed by atoms with Gasteiger partial charge in [-0.05, 0) is 36.4 Å². The predicted octanol–water partition coefficient (Wildman–Crippen LogP) is 3.94. The van der Waals surface area contributed by atoms with Crippen molar-refractivity contribution < 1.29 is 14.3 Å². The van der Waals surface area contributed by atoms with Crippen LogP contribution in [0.4, 0.5) is 5.69 Å². The average Bonchev–Trinajstić information content (AvgIpc) is 3.48. The highest BCUT2D eigenvalue weighted by molar-refractivity contribution is 7.15. The Morgan fingerprint density at radius 1 is 1.06 bits per heavy atom. The molecule has 0 unspecified atom stereocenters. The Morgan fingerprint density at radius 2 is 1.94 bits per heavy atom. The zero-order valence-electron chi connectivity index (χ0n) is 19.0. The van der Waals surface area contributed by atoms with Crippen molar-refractivity contribution in [2.24, 2.45) is 0 Å². The van der Waals surface area contributed by atoms with E-state index in [4.69, 9.17) is 9.47 Å². The van der Waals surface area contributed by atoms with Gasteiger partial charge in [0.2, 0.25) is 5.91 Å². The molecule has 1 N–H and O–H groups in total. The molecule has 0 spiro atoms. The first-order valence-corrected chi connectivity index (χ1v) is 11.5. The number of methoxy groups -OCH3 is 2. The molecule has 0 fully saturated rings. The number of carbonyl (C=O) groups is 1. The number of imidazole rings is 1. The Balaban J connectivity index is 1.36.